The van der Waals surface area contributed by atoms with Gasteiger partial charge in [0.1, 0.15) is 5.82 Å². The molecular weight excluding hydrogens is 193 g/mol. The van der Waals surface area contributed by atoms with Gasteiger partial charge in [0.25, 0.3) is 0 Å². The van der Waals surface area contributed by atoms with E-state index in [4.69, 9.17) is 5.26 Å². The molecule has 1 rings (SSSR count). The number of rotatable bonds is 5. The summed E-state index contributed by atoms with van der Waals surface area (Å²) in [4.78, 5) is 0. The first kappa shape index (κ1) is 11.5. The van der Waals surface area contributed by atoms with Gasteiger partial charge in [-0.2, -0.15) is 5.26 Å². The first-order chi connectivity index (χ1) is 7.27. The van der Waals surface area contributed by atoms with Crippen LogP contribution in [0.2, 0.25) is 0 Å². The van der Waals surface area contributed by atoms with Crippen LogP contribution in [0.5, 0.6) is 0 Å². The fraction of sp³-hybridized carbons (Fsp3) is 0.364. The number of nitrogens with zero attached hydrogens (tertiary/aromatic N) is 1. The molecule has 0 unspecified atom stereocenters. The standard InChI is InChI=1S/C11H14FN3/c1-2-14-5-6-15-11-4-3-9(8-13)7-10(11)12/h3-4,7,14-15H,2,5-6H2,1H3. The van der Waals surface area contributed by atoms with Crippen LogP contribution in [-0.4, -0.2) is 19.6 Å². The van der Waals surface area contributed by atoms with Crippen molar-refractivity contribution in [3.05, 3.63) is 29.6 Å². The molecule has 1 aromatic carbocycles. The van der Waals surface area contributed by atoms with Gasteiger partial charge in [-0.05, 0) is 24.7 Å². The number of nitrogens with one attached hydrogen (secondary N) is 2. The van der Waals surface area contributed by atoms with Crippen molar-refractivity contribution in [1.82, 2.24) is 5.32 Å². The quantitative estimate of drug-likeness (QED) is 0.723. The fourth-order valence-corrected chi connectivity index (χ4v) is 1.19. The molecule has 1 aromatic rings. The highest BCUT2D eigenvalue weighted by Crippen LogP contribution is 2.14. The van der Waals surface area contributed by atoms with Gasteiger partial charge in [-0.25, -0.2) is 4.39 Å². The first-order valence-electron chi connectivity index (χ1n) is 4.92. The van der Waals surface area contributed by atoms with Crippen LogP contribution < -0.4 is 10.6 Å². The lowest BCUT2D eigenvalue weighted by Crippen LogP contribution is -2.21. The zero-order chi connectivity index (χ0) is 11.1. The van der Waals surface area contributed by atoms with Gasteiger partial charge in [-0.1, -0.05) is 6.92 Å². The Bertz CT molecular complexity index is 357. The van der Waals surface area contributed by atoms with Crippen molar-refractivity contribution in [1.29, 1.82) is 5.26 Å². The minimum absolute atomic E-state index is 0.338. The summed E-state index contributed by atoms with van der Waals surface area (Å²) in [6.45, 7) is 4.37. The summed E-state index contributed by atoms with van der Waals surface area (Å²) in [5.41, 5.74) is 0.775. The second-order valence-corrected chi connectivity index (χ2v) is 3.09. The van der Waals surface area contributed by atoms with Gasteiger partial charge in [0.05, 0.1) is 17.3 Å². The Labute approximate surface area is 88.9 Å². The monoisotopic (exact) mass is 207 g/mol. The maximum atomic E-state index is 13.3. The molecule has 0 fully saturated rings. The molecule has 0 saturated carbocycles. The average Bonchev–Trinajstić information content (AvgIpc) is 2.26. The van der Waals surface area contributed by atoms with Crippen LogP contribution in [0.15, 0.2) is 18.2 Å². The van der Waals surface area contributed by atoms with E-state index in [2.05, 4.69) is 10.6 Å². The predicted molar refractivity (Wildman–Crippen MR) is 58.1 cm³/mol. The van der Waals surface area contributed by atoms with E-state index in [1.165, 1.54) is 6.07 Å². The molecule has 0 spiro atoms. The van der Waals surface area contributed by atoms with Crippen LogP contribution >= 0.6 is 0 Å². The second kappa shape index (κ2) is 5.99. The van der Waals surface area contributed by atoms with Crippen LogP contribution in [0.1, 0.15) is 12.5 Å². The van der Waals surface area contributed by atoms with Crippen molar-refractivity contribution in [2.75, 3.05) is 25.0 Å². The third kappa shape index (κ3) is 3.56. The molecule has 3 nitrogen and oxygen atoms in total. The van der Waals surface area contributed by atoms with E-state index in [1.807, 2.05) is 13.0 Å². The minimum Gasteiger partial charge on any atom is -0.381 e. The third-order valence-corrected chi connectivity index (χ3v) is 1.97. The van der Waals surface area contributed by atoms with Crippen molar-refractivity contribution >= 4 is 5.69 Å². The highest BCUT2D eigenvalue weighted by atomic mass is 19.1. The molecule has 0 atom stereocenters. The zero-order valence-electron chi connectivity index (χ0n) is 8.68. The number of nitriles is 1. The molecule has 0 heterocycles. The summed E-state index contributed by atoms with van der Waals surface area (Å²) in [6, 6.07) is 6.30. The zero-order valence-corrected chi connectivity index (χ0v) is 8.68. The van der Waals surface area contributed by atoms with Crippen LogP contribution in [0.3, 0.4) is 0 Å². The Morgan fingerprint density at radius 2 is 2.20 bits per heavy atom. The Morgan fingerprint density at radius 3 is 2.80 bits per heavy atom. The van der Waals surface area contributed by atoms with Crippen LogP contribution in [-0.2, 0) is 0 Å². The van der Waals surface area contributed by atoms with Gasteiger partial charge >= 0.3 is 0 Å². The molecule has 0 saturated heterocycles. The highest BCUT2D eigenvalue weighted by molar-refractivity contribution is 5.48. The largest absolute Gasteiger partial charge is 0.381 e. The van der Waals surface area contributed by atoms with Crippen LogP contribution in [0.4, 0.5) is 10.1 Å². The van der Waals surface area contributed by atoms with Crippen molar-refractivity contribution in [3.8, 4) is 6.07 Å². The predicted octanol–water partition coefficient (Wildman–Crippen LogP) is 1.72. The summed E-state index contributed by atoms with van der Waals surface area (Å²) in [5, 5.41) is 14.6. The van der Waals surface area contributed by atoms with Crippen molar-refractivity contribution in [3.63, 3.8) is 0 Å². The smallest absolute Gasteiger partial charge is 0.147 e. The molecule has 4 heteroatoms. The lowest BCUT2D eigenvalue weighted by atomic mass is 10.2. The lowest BCUT2D eigenvalue weighted by molar-refractivity contribution is 0.628. The van der Waals surface area contributed by atoms with E-state index >= 15 is 0 Å². The molecule has 0 aromatic heterocycles. The van der Waals surface area contributed by atoms with Gasteiger partial charge in [-0.15, -0.1) is 0 Å². The molecule has 2 N–H and O–H groups in total. The lowest BCUT2D eigenvalue weighted by Gasteiger charge is -2.07. The van der Waals surface area contributed by atoms with Gasteiger partial charge in [0.2, 0.25) is 0 Å². The van der Waals surface area contributed by atoms with E-state index < -0.39 is 0 Å². The topological polar surface area (TPSA) is 47.8 Å². The summed E-state index contributed by atoms with van der Waals surface area (Å²) in [5.74, 6) is -0.384. The highest BCUT2D eigenvalue weighted by Gasteiger charge is 2.01. The van der Waals surface area contributed by atoms with Crippen LogP contribution in [0.25, 0.3) is 0 Å². The summed E-state index contributed by atoms with van der Waals surface area (Å²) < 4.78 is 13.3. The molecule has 0 aliphatic heterocycles. The maximum Gasteiger partial charge on any atom is 0.147 e. The maximum absolute atomic E-state index is 13.3. The van der Waals surface area contributed by atoms with Crippen molar-refractivity contribution in [2.45, 2.75) is 6.92 Å². The van der Waals surface area contributed by atoms with Gasteiger partial charge in [-0.3, -0.25) is 0 Å². The molecule has 0 amide bonds. The van der Waals surface area contributed by atoms with Gasteiger partial charge in [0.15, 0.2) is 0 Å². The van der Waals surface area contributed by atoms with Gasteiger partial charge in [0, 0.05) is 13.1 Å². The molecule has 0 bridgehead atoms. The number of anilines is 1. The van der Waals surface area contributed by atoms with Gasteiger partial charge < -0.3 is 10.6 Å². The Hall–Kier alpha value is -1.60. The van der Waals surface area contributed by atoms with E-state index in [-0.39, 0.29) is 5.82 Å². The Kier molecular flexibility index (Phi) is 4.58. The Balaban J connectivity index is 2.52. The first-order valence-corrected chi connectivity index (χ1v) is 4.92. The van der Waals surface area contributed by atoms with Crippen LogP contribution in [0, 0.1) is 17.1 Å². The molecule has 0 radical (unpaired) electrons. The van der Waals surface area contributed by atoms with Crippen molar-refractivity contribution in [2.24, 2.45) is 0 Å². The fourth-order valence-electron chi connectivity index (χ4n) is 1.19. The average molecular weight is 207 g/mol. The number of benzene rings is 1. The number of hydrogen-bond donors (Lipinski definition) is 2. The number of hydrogen-bond acceptors (Lipinski definition) is 3. The van der Waals surface area contributed by atoms with E-state index in [9.17, 15) is 4.39 Å². The summed E-state index contributed by atoms with van der Waals surface area (Å²) >= 11 is 0. The molecular formula is C11H14FN3. The SMILES string of the molecule is CCNCCNc1ccc(C#N)cc1F. The minimum atomic E-state index is -0.384. The van der Waals surface area contributed by atoms with E-state index in [0.29, 0.717) is 17.8 Å². The van der Waals surface area contributed by atoms with E-state index in [1.54, 1.807) is 12.1 Å². The third-order valence-electron chi connectivity index (χ3n) is 1.97. The number of likely N-dealkylation sites (N-methyl/N-ethyl adjacent to an activating group) is 1. The number of halogens is 1. The molecule has 0 aliphatic carbocycles. The second-order valence-electron chi connectivity index (χ2n) is 3.09. The summed E-state index contributed by atoms with van der Waals surface area (Å²) in [7, 11) is 0. The molecule has 15 heavy (non-hydrogen) atoms. The molecule has 80 valence electrons. The summed E-state index contributed by atoms with van der Waals surface area (Å²) in [6.07, 6.45) is 0. The van der Waals surface area contributed by atoms with Crippen molar-refractivity contribution < 1.29 is 4.39 Å². The Morgan fingerprint density at radius 1 is 1.40 bits per heavy atom. The molecule has 0 aliphatic rings. The van der Waals surface area contributed by atoms with E-state index in [0.717, 1.165) is 13.1 Å². The normalized spacial score (nSPS) is 9.67.